The van der Waals surface area contributed by atoms with E-state index in [1.54, 1.807) is 30.3 Å². The molecule has 0 bridgehead atoms. The molecular weight excluding hydrogens is 470 g/mol. The molecule has 37 heavy (non-hydrogen) atoms. The number of amides is 1. The van der Waals surface area contributed by atoms with Gasteiger partial charge in [0.05, 0.1) is 11.5 Å². The third-order valence-electron chi connectivity index (χ3n) is 7.25. The van der Waals surface area contributed by atoms with E-state index in [1.807, 2.05) is 37.3 Å². The van der Waals surface area contributed by atoms with Crippen LogP contribution in [0.5, 0.6) is 5.75 Å². The third-order valence-corrected chi connectivity index (χ3v) is 7.25. The molecule has 1 aliphatic carbocycles. The number of carbonyl (C=O) groups excluding carboxylic acids is 2. The molecule has 1 aliphatic rings. The van der Waals surface area contributed by atoms with Crippen LogP contribution in [-0.2, 0) is 4.79 Å². The number of rotatable bonds is 5. The largest absolute Gasteiger partial charge is 0.478 e. The lowest BCUT2D eigenvalue weighted by Gasteiger charge is -2.25. The van der Waals surface area contributed by atoms with E-state index in [4.69, 9.17) is 0 Å². The summed E-state index contributed by atoms with van der Waals surface area (Å²) in [5.74, 6) is -1.95. The van der Waals surface area contributed by atoms with Gasteiger partial charge in [0.2, 0.25) is 5.91 Å². The van der Waals surface area contributed by atoms with Crippen LogP contribution in [0.1, 0.15) is 44.2 Å². The minimum absolute atomic E-state index is 0.0768. The van der Waals surface area contributed by atoms with Crippen molar-refractivity contribution < 1.29 is 29.6 Å². The Bertz CT molecular complexity index is 1840. The Morgan fingerprint density at radius 3 is 2.32 bits per heavy atom. The Morgan fingerprint density at radius 2 is 1.62 bits per heavy atom. The quantitative estimate of drug-likeness (QED) is 0.0992. The lowest BCUT2D eigenvalue weighted by atomic mass is 9.79. The van der Waals surface area contributed by atoms with Gasteiger partial charge in [-0.25, -0.2) is 10.1 Å². The SMILES string of the molecule is Cc1ccc(NC(=O)C2CC=c3c4ccc(OO)c5c(C=O)ccc(c6ccc(C(=O)O)c2c36)c54)cc1. The average Bonchev–Trinajstić information content (AvgIpc) is 2.91. The number of hydrogen-bond donors (Lipinski definition) is 3. The van der Waals surface area contributed by atoms with Crippen molar-refractivity contribution in [1.82, 2.24) is 0 Å². The van der Waals surface area contributed by atoms with E-state index in [-0.39, 0.29) is 17.2 Å². The second-order valence-corrected chi connectivity index (χ2v) is 9.29. The number of carbonyl (C=O) groups is 3. The molecule has 7 nitrogen and oxygen atoms in total. The van der Waals surface area contributed by atoms with Crippen molar-refractivity contribution in [3.8, 4) is 5.75 Å². The Hall–Kier alpha value is -4.75. The number of fused-ring (bicyclic) bond motifs is 2. The monoisotopic (exact) mass is 491 g/mol. The van der Waals surface area contributed by atoms with Crippen molar-refractivity contribution in [2.24, 2.45) is 0 Å². The summed E-state index contributed by atoms with van der Waals surface area (Å²) in [4.78, 5) is 42.3. The van der Waals surface area contributed by atoms with Gasteiger partial charge in [0.25, 0.3) is 0 Å². The number of anilines is 1. The van der Waals surface area contributed by atoms with Gasteiger partial charge in [-0.15, -0.1) is 0 Å². The number of carboxylic acid groups (broad SMARTS) is 1. The highest BCUT2D eigenvalue weighted by molar-refractivity contribution is 6.27. The van der Waals surface area contributed by atoms with Gasteiger partial charge in [0.15, 0.2) is 12.0 Å². The Labute approximate surface area is 210 Å². The first-order valence-corrected chi connectivity index (χ1v) is 11.8. The normalized spacial score (nSPS) is 14.5. The van der Waals surface area contributed by atoms with Gasteiger partial charge in [0, 0.05) is 22.0 Å². The molecule has 1 unspecified atom stereocenters. The van der Waals surface area contributed by atoms with Gasteiger partial charge >= 0.3 is 5.97 Å². The van der Waals surface area contributed by atoms with Crippen molar-refractivity contribution in [1.29, 1.82) is 0 Å². The average molecular weight is 491 g/mol. The van der Waals surface area contributed by atoms with Crippen molar-refractivity contribution in [2.45, 2.75) is 19.3 Å². The first-order chi connectivity index (χ1) is 17.9. The first kappa shape index (κ1) is 22.7. The Kier molecular flexibility index (Phi) is 5.17. The molecule has 0 spiro atoms. The van der Waals surface area contributed by atoms with Crippen molar-refractivity contribution in [3.05, 3.63) is 88.1 Å². The summed E-state index contributed by atoms with van der Waals surface area (Å²) in [5.41, 5.74) is 2.61. The van der Waals surface area contributed by atoms with Gasteiger partial charge < -0.3 is 15.3 Å². The molecule has 182 valence electrons. The zero-order chi connectivity index (χ0) is 25.8. The molecule has 6 rings (SSSR count). The fourth-order valence-corrected chi connectivity index (χ4v) is 5.60. The molecule has 7 heteroatoms. The van der Waals surface area contributed by atoms with E-state index < -0.39 is 11.9 Å². The van der Waals surface area contributed by atoms with Crippen LogP contribution in [0, 0.1) is 6.92 Å². The molecule has 0 aromatic heterocycles. The second-order valence-electron chi connectivity index (χ2n) is 9.29. The summed E-state index contributed by atoms with van der Waals surface area (Å²) in [6, 6.07) is 17.5. The predicted molar refractivity (Wildman–Crippen MR) is 141 cm³/mol. The molecule has 0 aliphatic heterocycles. The summed E-state index contributed by atoms with van der Waals surface area (Å²) in [6.45, 7) is 1.96. The number of aromatic carboxylic acids is 1. The van der Waals surface area contributed by atoms with Crippen LogP contribution >= 0.6 is 0 Å². The van der Waals surface area contributed by atoms with Crippen LogP contribution in [-0.4, -0.2) is 28.5 Å². The highest BCUT2D eigenvalue weighted by Crippen LogP contribution is 2.42. The van der Waals surface area contributed by atoms with E-state index in [1.165, 1.54) is 6.07 Å². The molecule has 0 heterocycles. The van der Waals surface area contributed by atoms with Crippen LogP contribution in [0.15, 0.2) is 60.7 Å². The molecule has 1 atom stereocenters. The van der Waals surface area contributed by atoms with E-state index >= 15 is 0 Å². The van der Waals surface area contributed by atoms with Gasteiger partial charge in [-0.3, -0.25) is 9.59 Å². The minimum atomic E-state index is -1.11. The second kappa shape index (κ2) is 8.43. The number of carboxylic acids is 1. The third kappa shape index (κ3) is 3.36. The van der Waals surface area contributed by atoms with Crippen molar-refractivity contribution in [2.75, 3.05) is 5.32 Å². The lowest BCUT2D eigenvalue weighted by molar-refractivity contribution is -0.136. The predicted octanol–water partition coefficient (Wildman–Crippen LogP) is 5.44. The molecule has 3 N–H and O–H groups in total. The van der Waals surface area contributed by atoms with Crippen molar-refractivity contribution in [3.63, 3.8) is 0 Å². The molecular formula is C30H21NO6. The molecule has 5 aromatic carbocycles. The highest BCUT2D eigenvalue weighted by Gasteiger charge is 2.31. The summed E-state index contributed by atoms with van der Waals surface area (Å²) in [5, 5.41) is 27.5. The fourth-order valence-electron chi connectivity index (χ4n) is 5.60. The van der Waals surface area contributed by atoms with Crippen LogP contribution in [0.4, 0.5) is 5.69 Å². The maximum atomic E-state index is 13.5. The van der Waals surface area contributed by atoms with Gasteiger partial charge in [-0.2, -0.15) is 0 Å². The highest BCUT2D eigenvalue weighted by atomic mass is 17.1. The first-order valence-electron chi connectivity index (χ1n) is 11.8. The molecule has 0 saturated carbocycles. The van der Waals surface area contributed by atoms with Gasteiger partial charge in [0.1, 0.15) is 0 Å². The Balaban J connectivity index is 1.67. The zero-order valence-corrected chi connectivity index (χ0v) is 19.7. The molecule has 0 fully saturated rings. The number of aryl methyl sites for hydroxylation is 1. The number of benzene rings is 5. The van der Waals surface area contributed by atoms with Crippen LogP contribution < -0.4 is 15.4 Å². The Morgan fingerprint density at radius 1 is 0.919 bits per heavy atom. The summed E-state index contributed by atoms with van der Waals surface area (Å²) in [7, 11) is 0. The van der Waals surface area contributed by atoms with Crippen LogP contribution in [0.25, 0.3) is 38.4 Å². The van der Waals surface area contributed by atoms with Crippen LogP contribution in [0.3, 0.4) is 0 Å². The van der Waals surface area contributed by atoms with E-state index in [9.17, 15) is 24.7 Å². The molecule has 5 aromatic rings. The minimum Gasteiger partial charge on any atom is -0.478 e. The van der Waals surface area contributed by atoms with E-state index in [0.29, 0.717) is 40.3 Å². The number of hydrogen-bond acceptors (Lipinski definition) is 5. The standard InChI is InChI=1S/C30H21NO6/c1-15-2-5-17(6-3-15)31-29(33)22-10-8-19-21-12-13-24(37-36)25-16(14-32)4-7-18(26(21)25)20-9-11-23(30(34)35)28(22)27(19)20/h2-9,11-14,22,36H,10H2,1H3,(H,31,33)(H,34,35). The maximum absolute atomic E-state index is 13.5. The smallest absolute Gasteiger partial charge is 0.336 e. The fraction of sp³-hybridized carbons (Fsp3) is 0.100. The zero-order valence-electron chi connectivity index (χ0n) is 19.7. The van der Waals surface area contributed by atoms with Crippen LogP contribution in [0.2, 0.25) is 0 Å². The number of nitrogens with one attached hydrogen (secondary N) is 1. The van der Waals surface area contributed by atoms with Gasteiger partial charge in [-0.05, 0) is 76.0 Å². The van der Waals surface area contributed by atoms with Gasteiger partial charge in [-0.1, -0.05) is 42.0 Å². The van der Waals surface area contributed by atoms with E-state index in [0.717, 1.165) is 32.3 Å². The summed E-state index contributed by atoms with van der Waals surface area (Å²) >= 11 is 0. The maximum Gasteiger partial charge on any atom is 0.336 e. The lowest BCUT2D eigenvalue weighted by Crippen LogP contribution is -2.27. The summed E-state index contributed by atoms with van der Waals surface area (Å²) in [6.07, 6.45) is 2.95. The molecule has 1 amide bonds. The topological polar surface area (TPSA) is 113 Å². The summed E-state index contributed by atoms with van der Waals surface area (Å²) < 4.78 is 0. The van der Waals surface area contributed by atoms with E-state index in [2.05, 4.69) is 10.2 Å². The number of aldehydes is 1. The molecule has 0 radical (unpaired) electrons. The van der Waals surface area contributed by atoms with Crippen molar-refractivity contribution >= 4 is 62.2 Å². The molecule has 0 saturated heterocycles.